The number of carbonyl (C=O) groups excluding carboxylic acids is 1. The van der Waals surface area contributed by atoms with Gasteiger partial charge in [-0.15, -0.1) is 0 Å². The summed E-state index contributed by atoms with van der Waals surface area (Å²) in [6.45, 7) is 1.85. The van der Waals surface area contributed by atoms with E-state index < -0.39 is 9.84 Å². The number of halogens is 1. The van der Waals surface area contributed by atoms with Crippen molar-refractivity contribution in [3.63, 3.8) is 0 Å². The number of sulfone groups is 1. The van der Waals surface area contributed by atoms with E-state index in [9.17, 15) is 17.6 Å². The number of H-pyrrole nitrogens is 1. The fourth-order valence-corrected chi connectivity index (χ4v) is 4.92. The van der Waals surface area contributed by atoms with Crippen LogP contribution in [0.4, 0.5) is 4.39 Å². The molecular weight excluding hydrogens is 319 g/mol. The predicted molar refractivity (Wildman–Crippen MR) is 86.5 cm³/mol. The van der Waals surface area contributed by atoms with E-state index in [0.29, 0.717) is 11.8 Å². The molecule has 23 heavy (non-hydrogen) atoms. The van der Waals surface area contributed by atoms with Crippen molar-refractivity contribution in [3.05, 3.63) is 35.3 Å². The average Bonchev–Trinajstić information content (AvgIpc) is 2.99. The van der Waals surface area contributed by atoms with E-state index in [2.05, 4.69) is 4.98 Å². The summed E-state index contributed by atoms with van der Waals surface area (Å²) in [5, 5.41) is 0.697. The summed E-state index contributed by atoms with van der Waals surface area (Å²) in [4.78, 5) is 17.2. The highest BCUT2D eigenvalue weighted by Gasteiger charge is 2.32. The number of aromatic amines is 1. The van der Waals surface area contributed by atoms with E-state index >= 15 is 0 Å². The number of amides is 1. The van der Waals surface area contributed by atoms with Gasteiger partial charge in [0, 0.05) is 29.7 Å². The molecule has 0 unspecified atom stereocenters. The summed E-state index contributed by atoms with van der Waals surface area (Å²) < 4.78 is 36.6. The number of carbonyl (C=O) groups is 1. The Kier molecular flexibility index (Phi) is 3.91. The second kappa shape index (κ2) is 5.63. The maximum Gasteiger partial charge on any atom is 0.227 e. The molecule has 0 saturated carbocycles. The summed E-state index contributed by atoms with van der Waals surface area (Å²) in [5.74, 6) is -0.343. The van der Waals surface area contributed by atoms with Gasteiger partial charge in [0.25, 0.3) is 0 Å². The smallest absolute Gasteiger partial charge is 0.227 e. The first kappa shape index (κ1) is 16.0. The lowest BCUT2D eigenvalue weighted by atomic mass is 10.1. The van der Waals surface area contributed by atoms with Gasteiger partial charge in [0.2, 0.25) is 5.91 Å². The van der Waals surface area contributed by atoms with Crippen LogP contribution in [0.5, 0.6) is 0 Å². The van der Waals surface area contributed by atoms with Gasteiger partial charge < -0.3 is 9.88 Å². The van der Waals surface area contributed by atoms with Crippen molar-refractivity contribution in [2.24, 2.45) is 0 Å². The number of hydrogen-bond donors (Lipinski definition) is 1. The maximum absolute atomic E-state index is 13.5. The molecule has 0 bridgehead atoms. The zero-order chi connectivity index (χ0) is 16.8. The molecule has 1 aliphatic rings. The van der Waals surface area contributed by atoms with Crippen LogP contribution in [-0.2, 0) is 21.1 Å². The number of nitrogens with one attached hydrogen (secondary N) is 1. The molecule has 1 aliphatic heterocycles. The second-order valence-corrected chi connectivity index (χ2v) is 8.39. The van der Waals surface area contributed by atoms with E-state index in [4.69, 9.17) is 0 Å². The second-order valence-electron chi connectivity index (χ2n) is 6.16. The fraction of sp³-hybridized carbons (Fsp3) is 0.438. The van der Waals surface area contributed by atoms with Crippen LogP contribution in [0.3, 0.4) is 0 Å². The first-order chi connectivity index (χ1) is 10.8. The normalized spacial score (nSPS) is 20.0. The van der Waals surface area contributed by atoms with Crippen molar-refractivity contribution < 1.29 is 17.6 Å². The third-order valence-electron chi connectivity index (χ3n) is 4.56. The lowest BCUT2D eigenvalue weighted by Gasteiger charge is -2.23. The van der Waals surface area contributed by atoms with Crippen molar-refractivity contribution in [1.29, 1.82) is 0 Å². The SMILES string of the molecule is Cc1[nH]c2ccc(F)cc2c1CC(=O)N(C)[C@H]1CCS(=O)(=O)C1. The molecule has 1 amide bonds. The largest absolute Gasteiger partial charge is 0.358 e. The van der Waals surface area contributed by atoms with Gasteiger partial charge >= 0.3 is 0 Å². The lowest BCUT2D eigenvalue weighted by Crippen LogP contribution is -2.38. The molecule has 1 fully saturated rings. The van der Waals surface area contributed by atoms with Gasteiger partial charge in [0.05, 0.1) is 17.9 Å². The van der Waals surface area contributed by atoms with Crippen molar-refractivity contribution >= 4 is 26.6 Å². The number of likely N-dealkylation sites (N-methyl/N-ethyl adjacent to an activating group) is 1. The molecule has 5 nitrogen and oxygen atoms in total. The molecule has 1 saturated heterocycles. The number of aryl methyl sites for hydroxylation is 1. The Labute approximate surface area is 134 Å². The van der Waals surface area contributed by atoms with Gasteiger partial charge in [0.15, 0.2) is 9.84 Å². The van der Waals surface area contributed by atoms with Crippen LogP contribution in [0.1, 0.15) is 17.7 Å². The highest BCUT2D eigenvalue weighted by atomic mass is 32.2. The summed E-state index contributed by atoms with van der Waals surface area (Å²) in [5.41, 5.74) is 2.38. The third-order valence-corrected chi connectivity index (χ3v) is 6.31. The number of aromatic nitrogens is 1. The van der Waals surface area contributed by atoms with E-state index in [-0.39, 0.29) is 35.7 Å². The molecule has 1 aromatic heterocycles. The Morgan fingerprint density at radius 2 is 2.17 bits per heavy atom. The highest BCUT2D eigenvalue weighted by molar-refractivity contribution is 7.91. The van der Waals surface area contributed by atoms with Gasteiger partial charge in [-0.3, -0.25) is 4.79 Å². The third kappa shape index (κ3) is 3.10. The molecule has 0 aliphatic carbocycles. The number of fused-ring (bicyclic) bond motifs is 1. The molecule has 124 valence electrons. The zero-order valence-corrected chi connectivity index (χ0v) is 13.9. The quantitative estimate of drug-likeness (QED) is 0.928. The van der Waals surface area contributed by atoms with Crippen molar-refractivity contribution in [3.8, 4) is 0 Å². The summed E-state index contributed by atoms with van der Waals surface area (Å²) in [6, 6.07) is 4.18. The van der Waals surface area contributed by atoms with Crippen LogP contribution < -0.4 is 0 Å². The van der Waals surface area contributed by atoms with E-state index in [1.54, 1.807) is 13.1 Å². The predicted octanol–water partition coefficient (Wildman–Crippen LogP) is 1.80. The summed E-state index contributed by atoms with van der Waals surface area (Å²) in [7, 11) is -1.40. The van der Waals surface area contributed by atoms with Gasteiger partial charge in [-0.1, -0.05) is 0 Å². The molecule has 7 heteroatoms. The van der Waals surface area contributed by atoms with Crippen LogP contribution in [-0.4, -0.2) is 48.8 Å². The van der Waals surface area contributed by atoms with Gasteiger partial charge in [-0.25, -0.2) is 12.8 Å². The molecule has 1 N–H and O–H groups in total. The maximum atomic E-state index is 13.5. The highest BCUT2D eigenvalue weighted by Crippen LogP contribution is 2.25. The molecule has 0 spiro atoms. The molecule has 2 heterocycles. The van der Waals surface area contributed by atoms with Crippen LogP contribution in [0.15, 0.2) is 18.2 Å². The Bertz CT molecular complexity index is 873. The monoisotopic (exact) mass is 338 g/mol. The zero-order valence-electron chi connectivity index (χ0n) is 13.1. The fourth-order valence-electron chi connectivity index (χ4n) is 3.14. The lowest BCUT2D eigenvalue weighted by molar-refractivity contribution is -0.130. The molecule has 2 aromatic rings. The molecule has 0 radical (unpaired) electrons. The molecule has 3 rings (SSSR count). The topological polar surface area (TPSA) is 70.2 Å². The van der Waals surface area contributed by atoms with Gasteiger partial charge in [0.1, 0.15) is 5.82 Å². The standard InChI is InChI=1S/C16H19FN2O3S/c1-10-13(14-7-11(17)3-4-15(14)18-10)8-16(20)19(2)12-5-6-23(21,22)9-12/h3-4,7,12,18H,5-6,8-9H2,1-2H3/t12-/m0/s1. The van der Waals surface area contributed by atoms with Crippen molar-refractivity contribution in [2.45, 2.75) is 25.8 Å². The Morgan fingerprint density at radius 1 is 1.43 bits per heavy atom. The summed E-state index contributed by atoms with van der Waals surface area (Å²) >= 11 is 0. The molecule has 1 atom stereocenters. The Morgan fingerprint density at radius 3 is 2.83 bits per heavy atom. The van der Waals surface area contributed by atoms with Crippen LogP contribution in [0.25, 0.3) is 10.9 Å². The van der Waals surface area contributed by atoms with E-state index in [1.165, 1.54) is 17.0 Å². The number of rotatable bonds is 3. The molecular formula is C16H19FN2O3S. The molecule has 1 aromatic carbocycles. The van der Waals surface area contributed by atoms with Crippen LogP contribution >= 0.6 is 0 Å². The minimum absolute atomic E-state index is 0.0245. The van der Waals surface area contributed by atoms with Crippen LogP contribution in [0.2, 0.25) is 0 Å². The minimum Gasteiger partial charge on any atom is -0.358 e. The average molecular weight is 338 g/mol. The number of benzene rings is 1. The first-order valence-corrected chi connectivity index (χ1v) is 9.32. The van der Waals surface area contributed by atoms with Crippen molar-refractivity contribution in [1.82, 2.24) is 9.88 Å². The minimum atomic E-state index is -3.03. The van der Waals surface area contributed by atoms with Crippen molar-refractivity contribution in [2.75, 3.05) is 18.6 Å². The Balaban J connectivity index is 1.83. The number of hydrogen-bond acceptors (Lipinski definition) is 3. The van der Waals surface area contributed by atoms with Gasteiger partial charge in [-0.2, -0.15) is 0 Å². The van der Waals surface area contributed by atoms with Crippen LogP contribution in [0, 0.1) is 12.7 Å². The van der Waals surface area contributed by atoms with E-state index in [0.717, 1.165) is 16.8 Å². The van der Waals surface area contributed by atoms with Gasteiger partial charge in [-0.05, 0) is 37.1 Å². The Hall–Kier alpha value is -1.89. The number of nitrogens with zero attached hydrogens (tertiary/aromatic N) is 1. The summed E-state index contributed by atoms with van der Waals surface area (Å²) in [6.07, 6.45) is 0.606. The first-order valence-electron chi connectivity index (χ1n) is 7.49. The van der Waals surface area contributed by atoms with E-state index in [1.807, 2.05) is 6.92 Å².